The summed E-state index contributed by atoms with van der Waals surface area (Å²) in [5, 5.41) is 9.51. The third-order valence-corrected chi connectivity index (χ3v) is 8.72. The smallest absolute Gasteiger partial charge is 0.0645 e. The van der Waals surface area contributed by atoms with Gasteiger partial charge in [-0.2, -0.15) is 0 Å². The van der Waals surface area contributed by atoms with Gasteiger partial charge in [0.25, 0.3) is 0 Å². The van der Waals surface area contributed by atoms with Crippen molar-refractivity contribution in [3.05, 3.63) is 138 Å². The zero-order valence-electron chi connectivity index (χ0n) is 31.8. The highest BCUT2D eigenvalue weighted by atomic mass is 15.1. The molecule has 1 heteroatoms. The predicted octanol–water partition coefficient (Wildman–Crippen LogP) is 11.0. The number of hydrogen-bond acceptors (Lipinski definition) is 1. The molecule has 0 bridgehead atoms. The molecule has 188 valence electrons. The summed E-state index contributed by atoms with van der Waals surface area (Å²) in [4.78, 5) is 1.33. The van der Waals surface area contributed by atoms with Crippen LogP contribution in [-0.4, -0.2) is 0 Å². The van der Waals surface area contributed by atoms with Gasteiger partial charge in [-0.15, -0.1) is 0 Å². The fourth-order valence-electron chi connectivity index (χ4n) is 7.12. The van der Waals surface area contributed by atoms with Gasteiger partial charge in [0.15, 0.2) is 0 Å². The molecule has 0 heterocycles. The van der Waals surface area contributed by atoms with Crippen molar-refractivity contribution in [2.45, 2.75) is 19.3 Å². The highest BCUT2D eigenvalue weighted by Crippen LogP contribution is 2.56. The second-order valence-electron chi connectivity index (χ2n) is 11.0. The SMILES string of the molecule is [2H]c1c([2H])c([2H])c(N(c2c([2H])c([2H])c([2H])c([2H])c2[2H])c2c3cccc4c3c3c5c(ccc6cccc(c7cccc2c73)c65)C4(C)C)c([2H])c1[2H]. The van der Waals surface area contributed by atoms with E-state index in [0.717, 1.165) is 48.7 Å². The highest BCUT2D eigenvalue weighted by molar-refractivity contribution is 6.42. The lowest BCUT2D eigenvalue weighted by molar-refractivity contribution is 0.652. The molecule has 0 atom stereocenters. The molecular weight excluding hydrogens is 482 g/mol. The number of hydrogen-bond donors (Lipinski definition) is 0. The Kier molecular flexibility index (Phi) is 2.76. The van der Waals surface area contributed by atoms with Crippen molar-refractivity contribution in [2.75, 3.05) is 4.90 Å². The first-order valence-electron chi connectivity index (χ1n) is 18.3. The Balaban J connectivity index is 1.62. The minimum absolute atomic E-state index is 0.308. The summed E-state index contributed by atoms with van der Waals surface area (Å²) in [6, 6.07) is 16.6. The maximum absolute atomic E-state index is 9.12. The average Bonchev–Trinajstić information content (AvgIpc) is 3.11. The van der Waals surface area contributed by atoms with Crippen LogP contribution in [0.5, 0.6) is 0 Å². The van der Waals surface area contributed by atoms with E-state index in [2.05, 4.69) is 50.2 Å². The van der Waals surface area contributed by atoms with Crippen molar-refractivity contribution in [1.82, 2.24) is 0 Å². The van der Waals surface area contributed by atoms with Gasteiger partial charge in [0.05, 0.1) is 19.4 Å². The first-order valence-corrected chi connectivity index (χ1v) is 13.3. The third-order valence-electron chi connectivity index (χ3n) is 8.72. The molecule has 0 aliphatic heterocycles. The third kappa shape index (κ3) is 2.62. The summed E-state index contributed by atoms with van der Waals surface area (Å²) in [7, 11) is 0. The van der Waals surface area contributed by atoms with E-state index in [0.29, 0.717) is 16.5 Å². The molecule has 0 amide bonds. The van der Waals surface area contributed by atoms with E-state index in [1.165, 1.54) is 10.5 Å². The van der Waals surface area contributed by atoms with E-state index in [-0.39, 0.29) is 11.4 Å². The predicted molar refractivity (Wildman–Crippen MR) is 172 cm³/mol. The second kappa shape index (κ2) is 7.61. The Hall–Kier alpha value is -4.88. The van der Waals surface area contributed by atoms with E-state index in [1.54, 1.807) is 0 Å². The molecule has 40 heavy (non-hydrogen) atoms. The van der Waals surface area contributed by atoms with Gasteiger partial charge < -0.3 is 4.90 Å². The Morgan fingerprint density at radius 1 is 0.500 bits per heavy atom. The number of benzene rings is 8. The Bertz CT molecular complexity index is 2730. The molecular formula is C39H27N. The first kappa shape index (κ1) is 14.5. The van der Waals surface area contributed by atoms with Gasteiger partial charge >= 0.3 is 0 Å². The van der Waals surface area contributed by atoms with Crippen molar-refractivity contribution >= 4 is 70.9 Å². The molecule has 0 N–H and O–H groups in total. The molecule has 0 saturated carbocycles. The van der Waals surface area contributed by atoms with Gasteiger partial charge in [-0.25, -0.2) is 0 Å². The lowest BCUT2D eigenvalue weighted by Crippen LogP contribution is -2.23. The topological polar surface area (TPSA) is 3.24 Å². The van der Waals surface area contributed by atoms with Crippen LogP contribution < -0.4 is 4.90 Å². The summed E-state index contributed by atoms with van der Waals surface area (Å²) in [6.45, 7) is 4.36. The van der Waals surface area contributed by atoms with Crippen molar-refractivity contribution in [3.8, 4) is 0 Å². The Morgan fingerprint density at radius 2 is 1.05 bits per heavy atom. The minimum Gasteiger partial charge on any atom is -0.309 e. The average molecular weight is 520 g/mol. The molecule has 0 unspecified atom stereocenters. The maximum atomic E-state index is 9.12. The second-order valence-corrected chi connectivity index (χ2v) is 11.0. The van der Waals surface area contributed by atoms with Crippen LogP contribution in [0.3, 0.4) is 0 Å². The monoisotopic (exact) mass is 519 g/mol. The number of rotatable bonds is 3. The molecule has 0 aromatic heterocycles. The quantitative estimate of drug-likeness (QED) is 0.166. The summed E-state index contributed by atoms with van der Waals surface area (Å²) < 4.78 is 87.7. The molecule has 0 radical (unpaired) electrons. The fourth-order valence-corrected chi connectivity index (χ4v) is 7.12. The molecule has 8 aromatic rings. The maximum Gasteiger partial charge on any atom is 0.0645 e. The van der Waals surface area contributed by atoms with Gasteiger partial charge in [0, 0.05) is 32.9 Å². The molecule has 8 aromatic carbocycles. The Labute approximate surface area is 247 Å². The van der Waals surface area contributed by atoms with Crippen molar-refractivity contribution < 1.29 is 13.7 Å². The van der Waals surface area contributed by atoms with Crippen LogP contribution in [0.1, 0.15) is 38.7 Å². The van der Waals surface area contributed by atoms with Crippen molar-refractivity contribution in [2.24, 2.45) is 0 Å². The van der Waals surface area contributed by atoms with Gasteiger partial charge in [-0.1, -0.05) is 117 Å². The highest BCUT2D eigenvalue weighted by Gasteiger charge is 2.35. The largest absolute Gasteiger partial charge is 0.309 e. The molecule has 9 rings (SSSR count). The number of anilines is 3. The first-order chi connectivity index (χ1) is 23.8. The number of para-hydroxylation sites is 2. The van der Waals surface area contributed by atoms with Crippen LogP contribution >= 0.6 is 0 Å². The number of nitrogens with zero attached hydrogens (tertiary/aromatic N) is 1. The van der Waals surface area contributed by atoms with Gasteiger partial charge in [-0.05, 0) is 73.0 Å². The normalized spacial score (nSPS) is 17.4. The van der Waals surface area contributed by atoms with Crippen LogP contribution in [0.25, 0.3) is 53.9 Å². The summed E-state index contributed by atoms with van der Waals surface area (Å²) in [5.74, 6) is 0. The molecule has 0 fully saturated rings. The van der Waals surface area contributed by atoms with E-state index >= 15 is 0 Å². The van der Waals surface area contributed by atoms with Crippen LogP contribution in [-0.2, 0) is 5.41 Å². The van der Waals surface area contributed by atoms with Gasteiger partial charge in [-0.3, -0.25) is 0 Å². The molecule has 0 spiro atoms. The molecule has 0 saturated heterocycles. The van der Waals surface area contributed by atoms with Gasteiger partial charge in [0.2, 0.25) is 0 Å². The zero-order valence-corrected chi connectivity index (χ0v) is 21.8. The zero-order chi connectivity index (χ0) is 35.3. The van der Waals surface area contributed by atoms with Crippen molar-refractivity contribution in [3.63, 3.8) is 0 Å². The van der Waals surface area contributed by atoms with E-state index in [1.807, 2.05) is 30.3 Å². The molecule has 1 aliphatic carbocycles. The minimum atomic E-state index is -0.599. The standard InChI is InChI=1S/C39H27N/c1-39(2)31-21-11-20-30-35(31)37-34-28(27-17-9-12-24-22-23-32(39)36(37)33(24)27)18-10-19-29(34)38(30)40(25-13-5-3-6-14-25)26-15-7-4-8-16-26/h3-23H,1-2H3/i3D,4D,5D,6D,7D,8D,13D,14D,15D,16D. The fraction of sp³-hybridized carbons (Fsp3) is 0.0769. The van der Waals surface area contributed by atoms with E-state index in [4.69, 9.17) is 13.7 Å². The van der Waals surface area contributed by atoms with E-state index < -0.39 is 65.8 Å². The Morgan fingerprint density at radius 3 is 1.75 bits per heavy atom. The van der Waals surface area contributed by atoms with E-state index in [9.17, 15) is 0 Å². The summed E-state index contributed by atoms with van der Waals surface area (Å²) in [5.41, 5.74) is 1.48. The van der Waals surface area contributed by atoms with Crippen LogP contribution in [0.4, 0.5) is 17.1 Å². The van der Waals surface area contributed by atoms with Crippen LogP contribution in [0, 0.1) is 0 Å². The summed E-state index contributed by atoms with van der Waals surface area (Å²) in [6.07, 6.45) is 0. The van der Waals surface area contributed by atoms with Gasteiger partial charge in [0.1, 0.15) is 0 Å². The number of fused-ring (bicyclic) bond motifs is 1. The van der Waals surface area contributed by atoms with Crippen LogP contribution in [0.15, 0.2) is 127 Å². The summed E-state index contributed by atoms with van der Waals surface area (Å²) >= 11 is 0. The van der Waals surface area contributed by atoms with Crippen molar-refractivity contribution in [1.29, 1.82) is 0 Å². The molecule has 1 aliphatic rings. The lowest BCUT2D eigenvalue weighted by Gasteiger charge is -2.37. The van der Waals surface area contributed by atoms with Crippen LogP contribution in [0.2, 0.25) is 0 Å². The molecule has 1 nitrogen and oxygen atoms in total. The lowest BCUT2D eigenvalue weighted by atomic mass is 9.68.